The number of ether oxygens (including phenoxy) is 3. The van der Waals surface area contributed by atoms with E-state index in [1.54, 1.807) is 20.3 Å². The Kier molecular flexibility index (Phi) is 9.24. The Bertz CT molecular complexity index is 1510. The fourth-order valence-electron chi connectivity index (χ4n) is 4.36. The number of Topliss-reactive ketones (excluding diaryl/α,β-unsaturated/α-hetero) is 2. The van der Waals surface area contributed by atoms with Gasteiger partial charge in [-0.2, -0.15) is 0 Å². The standard InChI is InChI=1S/C30H32O7S2/c1-5-7-21(31)28-13-19-11-18(23(35-3)15-26(19)38-28)8-6-9-37-25-12-20-14-29(22(32)10-17(2)30(33)34)39-27(20)16-24(25)36-4/h11-17H,5-10H2,1-4H3,(H,33,34)/t17-/m0/s1. The predicted molar refractivity (Wildman–Crippen MR) is 156 cm³/mol. The van der Waals surface area contributed by atoms with E-state index in [4.69, 9.17) is 19.3 Å². The first-order chi connectivity index (χ1) is 18.7. The maximum absolute atomic E-state index is 12.6. The van der Waals surface area contributed by atoms with Crippen molar-refractivity contribution in [1.29, 1.82) is 0 Å². The van der Waals surface area contributed by atoms with Crippen molar-refractivity contribution >= 4 is 60.4 Å². The molecule has 9 heteroatoms. The van der Waals surface area contributed by atoms with Gasteiger partial charge in [-0.05, 0) is 65.9 Å². The van der Waals surface area contributed by atoms with Crippen LogP contribution in [0.25, 0.3) is 20.2 Å². The molecule has 0 spiro atoms. The summed E-state index contributed by atoms with van der Waals surface area (Å²) in [6.45, 7) is 3.98. The first-order valence-corrected chi connectivity index (χ1v) is 14.5. The molecule has 0 aliphatic heterocycles. The SMILES string of the molecule is CCCC(=O)c1cc2cc(CCCOc3cc4cc(C(=O)C[C@H](C)C(=O)O)sc4cc3OC)c(OC)cc2s1. The van der Waals surface area contributed by atoms with Gasteiger partial charge in [0, 0.05) is 28.3 Å². The van der Waals surface area contributed by atoms with Crippen LogP contribution in [0.1, 0.15) is 64.4 Å². The lowest BCUT2D eigenvalue weighted by Crippen LogP contribution is -2.13. The highest BCUT2D eigenvalue weighted by atomic mass is 32.1. The molecule has 2 aromatic heterocycles. The molecule has 0 bridgehead atoms. The molecule has 4 rings (SSSR count). The van der Waals surface area contributed by atoms with Crippen LogP contribution >= 0.6 is 22.7 Å². The molecule has 1 N–H and O–H groups in total. The second-order valence-corrected chi connectivity index (χ2v) is 11.6. The summed E-state index contributed by atoms with van der Waals surface area (Å²) >= 11 is 2.83. The number of hydrogen-bond acceptors (Lipinski definition) is 8. The zero-order valence-corrected chi connectivity index (χ0v) is 24.1. The van der Waals surface area contributed by atoms with Crippen molar-refractivity contribution in [2.24, 2.45) is 5.92 Å². The van der Waals surface area contributed by atoms with E-state index in [9.17, 15) is 14.4 Å². The van der Waals surface area contributed by atoms with Gasteiger partial charge in [-0.15, -0.1) is 22.7 Å². The van der Waals surface area contributed by atoms with E-state index >= 15 is 0 Å². The fourth-order valence-corrected chi connectivity index (χ4v) is 6.42. The van der Waals surface area contributed by atoms with E-state index in [0.717, 1.165) is 55.6 Å². The predicted octanol–water partition coefficient (Wildman–Crippen LogP) is 7.42. The minimum Gasteiger partial charge on any atom is -0.496 e. The molecule has 0 saturated carbocycles. The summed E-state index contributed by atoms with van der Waals surface area (Å²) < 4.78 is 19.2. The van der Waals surface area contributed by atoms with E-state index < -0.39 is 11.9 Å². The second kappa shape index (κ2) is 12.6. The Morgan fingerprint density at radius 2 is 1.46 bits per heavy atom. The first-order valence-electron chi connectivity index (χ1n) is 12.9. The van der Waals surface area contributed by atoms with Crippen LogP contribution in [-0.4, -0.2) is 43.5 Å². The number of fused-ring (bicyclic) bond motifs is 2. The van der Waals surface area contributed by atoms with Gasteiger partial charge in [0.25, 0.3) is 0 Å². The molecule has 39 heavy (non-hydrogen) atoms. The molecule has 2 heterocycles. The molecule has 206 valence electrons. The first kappa shape index (κ1) is 28.6. The van der Waals surface area contributed by atoms with Crippen LogP contribution < -0.4 is 14.2 Å². The summed E-state index contributed by atoms with van der Waals surface area (Å²) in [5, 5.41) is 11.0. The van der Waals surface area contributed by atoms with Crippen LogP contribution in [0.2, 0.25) is 0 Å². The third kappa shape index (κ3) is 6.59. The molecule has 2 aromatic carbocycles. The largest absolute Gasteiger partial charge is 0.496 e. The summed E-state index contributed by atoms with van der Waals surface area (Å²) in [5.74, 6) is 0.220. The molecule has 0 amide bonds. The van der Waals surface area contributed by atoms with Gasteiger partial charge in [-0.3, -0.25) is 14.4 Å². The average molecular weight is 569 g/mol. The zero-order valence-electron chi connectivity index (χ0n) is 22.5. The monoisotopic (exact) mass is 568 g/mol. The number of hydrogen-bond donors (Lipinski definition) is 1. The van der Waals surface area contributed by atoms with E-state index in [1.807, 2.05) is 31.2 Å². The third-order valence-electron chi connectivity index (χ3n) is 6.51. The lowest BCUT2D eigenvalue weighted by Gasteiger charge is -2.12. The summed E-state index contributed by atoms with van der Waals surface area (Å²) in [6, 6.07) is 11.5. The van der Waals surface area contributed by atoms with Gasteiger partial charge < -0.3 is 19.3 Å². The number of thiophene rings is 2. The number of carbonyl (C=O) groups is 3. The average Bonchev–Trinajstić information content (AvgIpc) is 3.53. The van der Waals surface area contributed by atoms with E-state index in [2.05, 4.69) is 6.07 Å². The van der Waals surface area contributed by atoms with Gasteiger partial charge in [0.05, 0.1) is 36.5 Å². The van der Waals surface area contributed by atoms with Crippen molar-refractivity contribution in [1.82, 2.24) is 0 Å². The Balaban J connectivity index is 1.44. The highest BCUT2D eigenvalue weighted by molar-refractivity contribution is 7.21. The van der Waals surface area contributed by atoms with Crippen LogP contribution in [0, 0.1) is 5.92 Å². The van der Waals surface area contributed by atoms with Gasteiger partial charge in [-0.1, -0.05) is 13.8 Å². The lowest BCUT2D eigenvalue weighted by atomic mass is 10.0. The Morgan fingerprint density at radius 3 is 2.08 bits per heavy atom. The molecular weight excluding hydrogens is 536 g/mol. The Morgan fingerprint density at radius 1 is 0.846 bits per heavy atom. The molecule has 0 radical (unpaired) electrons. The van der Waals surface area contributed by atoms with E-state index in [0.29, 0.717) is 29.4 Å². The van der Waals surface area contributed by atoms with Gasteiger partial charge in [0.2, 0.25) is 0 Å². The van der Waals surface area contributed by atoms with Crippen LogP contribution in [0.4, 0.5) is 0 Å². The van der Waals surface area contributed by atoms with Crippen molar-refractivity contribution in [3.05, 3.63) is 51.7 Å². The van der Waals surface area contributed by atoms with Crippen LogP contribution in [0.3, 0.4) is 0 Å². The molecule has 0 aliphatic carbocycles. The highest BCUT2D eigenvalue weighted by Gasteiger charge is 2.20. The normalized spacial score (nSPS) is 12.0. The smallest absolute Gasteiger partial charge is 0.306 e. The third-order valence-corrected chi connectivity index (χ3v) is 8.79. The quantitative estimate of drug-likeness (QED) is 0.125. The molecular formula is C30H32O7S2. The number of methoxy groups -OCH3 is 2. The molecule has 4 aromatic rings. The van der Waals surface area contributed by atoms with Crippen LogP contribution in [-0.2, 0) is 11.2 Å². The number of ketones is 2. The molecule has 0 aliphatic rings. The minimum absolute atomic E-state index is 0.0420. The highest BCUT2D eigenvalue weighted by Crippen LogP contribution is 2.38. The van der Waals surface area contributed by atoms with Crippen molar-refractivity contribution in [2.75, 3.05) is 20.8 Å². The van der Waals surface area contributed by atoms with Gasteiger partial charge in [0.15, 0.2) is 23.1 Å². The Labute approximate surface area is 235 Å². The number of carbonyl (C=O) groups excluding carboxylic acids is 2. The summed E-state index contributed by atoms with van der Waals surface area (Å²) in [7, 11) is 3.23. The van der Waals surface area contributed by atoms with Crippen molar-refractivity contribution < 1.29 is 33.7 Å². The number of aryl methyl sites for hydroxylation is 1. The second-order valence-electron chi connectivity index (χ2n) is 9.46. The Hall–Kier alpha value is -3.43. The van der Waals surface area contributed by atoms with E-state index in [1.165, 1.54) is 29.6 Å². The van der Waals surface area contributed by atoms with Crippen LogP contribution in [0.15, 0.2) is 36.4 Å². The number of rotatable bonds is 14. The molecule has 0 unspecified atom stereocenters. The van der Waals surface area contributed by atoms with E-state index in [-0.39, 0.29) is 18.0 Å². The number of carboxylic acid groups (broad SMARTS) is 1. The topological polar surface area (TPSA) is 99.1 Å². The number of benzene rings is 2. The van der Waals surface area contributed by atoms with Crippen LogP contribution in [0.5, 0.6) is 17.2 Å². The molecule has 0 fully saturated rings. The summed E-state index contributed by atoms with van der Waals surface area (Å²) in [5.41, 5.74) is 1.06. The van der Waals surface area contributed by atoms with Gasteiger partial charge >= 0.3 is 5.97 Å². The van der Waals surface area contributed by atoms with Gasteiger partial charge in [0.1, 0.15) is 5.75 Å². The van der Waals surface area contributed by atoms with Crippen molar-refractivity contribution in [3.8, 4) is 17.2 Å². The maximum Gasteiger partial charge on any atom is 0.306 e. The summed E-state index contributed by atoms with van der Waals surface area (Å²) in [4.78, 5) is 37.3. The minimum atomic E-state index is -0.985. The molecule has 7 nitrogen and oxygen atoms in total. The lowest BCUT2D eigenvalue weighted by molar-refractivity contribution is -0.141. The molecule has 1 atom stereocenters. The zero-order chi connectivity index (χ0) is 28.1. The van der Waals surface area contributed by atoms with Crippen molar-refractivity contribution in [3.63, 3.8) is 0 Å². The number of aliphatic carboxylic acids is 1. The summed E-state index contributed by atoms with van der Waals surface area (Å²) in [6.07, 6.45) is 2.80. The maximum atomic E-state index is 12.6. The molecule has 0 saturated heterocycles. The van der Waals surface area contributed by atoms with Gasteiger partial charge in [-0.25, -0.2) is 0 Å². The van der Waals surface area contributed by atoms with Crippen molar-refractivity contribution in [2.45, 2.75) is 46.0 Å². The number of carboxylic acids is 1. The fraction of sp³-hybridized carbons (Fsp3) is 0.367.